The molecule has 3 atom stereocenters. The van der Waals surface area contributed by atoms with Crippen LogP contribution >= 0.6 is 0 Å². The van der Waals surface area contributed by atoms with Gasteiger partial charge in [-0.15, -0.1) is 0 Å². The third-order valence-corrected chi connectivity index (χ3v) is 3.78. The lowest BCUT2D eigenvalue weighted by Crippen LogP contribution is -2.20. The van der Waals surface area contributed by atoms with E-state index in [0.29, 0.717) is 5.92 Å². The first-order valence-corrected chi connectivity index (χ1v) is 6.35. The summed E-state index contributed by atoms with van der Waals surface area (Å²) in [6.07, 6.45) is 1.93. The van der Waals surface area contributed by atoms with Crippen LogP contribution in [0.15, 0.2) is 0 Å². The van der Waals surface area contributed by atoms with E-state index in [1.54, 1.807) is 0 Å². The van der Waals surface area contributed by atoms with E-state index in [1.807, 2.05) is 6.92 Å². The quantitative estimate of drug-likeness (QED) is 0.711. The highest BCUT2D eigenvalue weighted by Crippen LogP contribution is 2.13. The summed E-state index contributed by atoms with van der Waals surface area (Å²) in [5.41, 5.74) is 5.59. The normalized spacial score (nSPS) is 27.4. The molecular weight excluding hydrogens is 186 g/mol. The minimum Gasteiger partial charge on any atom is -0.381 e. The zero-order chi connectivity index (χ0) is 9.68. The predicted octanol–water partition coefficient (Wildman–Crippen LogP) is 0.509. The van der Waals surface area contributed by atoms with Gasteiger partial charge in [0.05, 0.1) is 6.61 Å². The summed E-state index contributed by atoms with van der Waals surface area (Å²) >= 11 is 0. The van der Waals surface area contributed by atoms with Crippen LogP contribution in [-0.4, -0.2) is 35.0 Å². The van der Waals surface area contributed by atoms with Crippen molar-refractivity contribution in [3.05, 3.63) is 0 Å². The van der Waals surface area contributed by atoms with Crippen molar-refractivity contribution in [1.82, 2.24) is 0 Å². The second-order valence-electron chi connectivity index (χ2n) is 3.81. The lowest BCUT2D eigenvalue weighted by atomic mass is 10.2. The van der Waals surface area contributed by atoms with E-state index in [1.165, 1.54) is 0 Å². The molecule has 0 bridgehead atoms. The van der Waals surface area contributed by atoms with Crippen molar-refractivity contribution in [3.8, 4) is 0 Å². The topological polar surface area (TPSA) is 52.3 Å². The zero-order valence-corrected chi connectivity index (χ0v) is 9.02. The van der Waals surface area contributed by atoms with Crippen LogP contribution in [0.2, 0.25) is 0 Å². The van der Waals surface area contributed by atoms with Gasteiger partial charge in [-0.3, -0.25) is 4.21 Å². The van der Waals surface area contributed by atoms with Gasteiger partial charge in [0.25, 0.3) is 0 Å². The molecule has 0 aromatic rings. The van der Waals surface area contributed by atoms with E-state index in [-0.39, 0.29) is 6.04 Å². The van der Waals surface area contributed by atoms with Crippen LogP contribution in [0.4, 0.5) is 0 Å². The van der Waals surface area contributed by atoms with Crippen molar-refractivity contribution >= 4 is 10.8 Å². The van der Waals surface area contributed by atoms with E-state index in [4.69, 9.17) is 10.5 Å². The molecule has 4 heteroatoms. The first kappa shape index (κ1) is 11.1. The first-order valence-electron chi connectivity index (χ1n) is 4.87. The van der Waals surface area contributed by atoms with Gasteiger partial charge in [-0.25, -0.2) is 0 Å². The average molecular weight is 205 g/mol. The summed E-state index contributed by atoms with van der Waals surface area (Å²) < 4.78 is 16.7. The molecule has 0 radical (unpaired) electrons. The van der Waals surface area contributed by atoms with E-state index in [0.717, 1.165) is 37.6 Å². The van der Waals surface area contributed by atoms with E-state index in [2.05, 4.69) is 0 Å². The molecule has 0 aromatic carbocycles. The fourth-order valence-corrected chi connectivity index (χ4v) is 2.97. The van der Waals surface area contributed by atoms with Gasteiger partial charge in [-0.2, -0.15) is 0 Å². The van der Waals surface area contributed by atoms with E-state index >= 15 is 0 Å². The molecule has 3 nitrogen and oxygen atoms in total. The van der Waals surface area contributed by atoms with Gasteiger partial charge in [-0.1, -0.05) is 0 Å². The Morgan fingerprint density at radius 2 is 2.46 bits per heavy atom. The lowest BCUT2D eigenvalue weighted by Gasteiger charge is -2.08. The van der Waals surface area contributed by atoms with Crippen LogP contribution in [0.25, 0.3) is 0 Å². The maximum atomic E-state index is 11.5. The SMILES string of the molecule is CC(N)CCS(=O)CC1CCOC1. The second-order valence-corrected chi connectivity index (χ2v) is 5.43. The Balaban J connectivity index is 2.09. The van der Waals surface area contributed by atoms with Gasteiger partial charge < -0.3 is 10.5 Å². The smallest absolute Gasteiger partial charge is 0.0503 e. The highest BCUT2D eigenvalue weighted by atomic mass is 32.2. The summed E-state index contributed by atoms with van der Waals surface area (Å²) in [7, 11) is -0.690. The summed E-state index contributed by atoms with van der Waals surface area (Å²) in [6.45, 7) is 3.59. The Labute approximate surface area is 82.5 Å². The molecule has 0 saturated carbocycles. The third kappa shape index (κ3) is 4.74. The average Bonchev–Trinajstić information content (AvgIpc) is 2.53. The Kier molecular flexibility index (Phi) is 4.91. The number of hydrogen-bond acceptors (Lipinski definition) is 3. The molecule has 1 aliphatic heterocycles. The van der Waals surface area contributed by atoms with Crippen molar-refractivity contribution in [2.75, 3.05) is 24.7 Å². The molecular formula is C9H19NO2S. The summed E-state index contributed by atoms with van der Waals surface area (Å²) in [4.78, 5) is 0. The van der Waals surface area contributed by atoms with Gasteiger partial charge in [0.15, 0.2) is 0 Å². The predicted molar refractivity (Wildman–Crippen MR) is 55.1 cm³/mol. The van der Waals surface area contributed by atoms with E-state index < -0.39 is 10.8 Å². The fourth-order valence-electron chi connectivity index (χ4n) is 1.38. The molecule has 1 aliphatic rings. The molecule has 1 rings (SSSR count). The molecule has 78 valence electrons. The van der Waals surface area contributed by atoms with Crippen molar-refractivity contribution in [3.63, 3.8) is 0 Å². The molecule has 0 spiro atoms. The van der Waals surface area contributed by atoms with Gasteiger partial charge in [0, 0.05) is 35.0 Å². The number of ether oxygens (including phenoxy) is 1. The standard InChI is InChI=1S/C9H19NO2S/c1-8(10)3-5-13(11)7-9-2-4-12-6-9/h8-9H,2-7,10H2,1H3. The molecule has 1 saturated heterocycles. The molecule has 13 heavy (non-hydrogen) atoms. The Bertz CT molecular complexity index is 167. The van der Waals surface area contributed by atoms with Crippen molar-refractivity contribution in [2.24, 2.45) is 11.7 Å². The summed E-state index contributed by atoms with van der Waals surface area (Å²) in [6, 6.07) is 0.170. The largest absolute Gasteiger partial charge is 0.381 e. The Morgan fingerprint density at radius 3 is 3.00 bits per heavy atom. The van der Waals surface area contributed by atoms with Crippen molar-refractivity contribution in [2.45, 2.75) is 25.8 Å². The van der Waals surface area contributed by atoms with Crippen LogP contribution < -0.4 is 5.73 Å². The second kappa shape index (κ2) is 5.73. The van der Waals surface area contributed by atoms with Crippen LogP contribution in [-0.2, 0) is 15.5 Å². The maximum Gasteiger partial charge on any atom is 0.0503 e. The molecule has 1 heterocycles. The highest BCUT2D eigenvalue weighted by molar-refractivity contribution is 7.84. The molecule has 0 aromatic heterocycles. The fraction of sp³-hybridized carbons (Fsp3) is 1.00. The van der Waals surface area contributed by atoms with Gasteiger partial charge in [0.2, 0.25) is 0 Å². The van der Waals surface area contributed by atoms with Crippen LogP contribution in [0.1, 0.15) is 19.8 Å². The molecule has 1 fully saturated rings. The summed E-state index contributed by atoms with van der Waals surface area (Å²) in [5.74, 6) is 2.06. The lowest BCUT2D eigenvalue weighted by molar-refractivity contribution is 0.189. The van der Waals surface area contributed by atoms with Crippen molar-refractivity contribution < 1.29 is 8.95 Å². The summed E-state index contributed by atoms with van der Waals surface area (Å²) in [5, 5.41) is 0. The van der Waals surface area contributed by atoms with Crippen LogP contribution in [0.5, 0.6) is 0 Å². The minimum atomic E-state index is -0.690. The van der Waals surface area contributed by atoms with E-state index in [9.17, 15) is 4.21 Å². The monoisotopic (exact) mass is 205 g/mol. The van der Waals surface area contributed by atoms with Crippen molar-refractivity contribution in [1.29, 1.82) is 0 Å². The highest BCUT2D eigenvalue weighted by Gasteiger charge is 2.18. The first-order chi connectivity index (χ1) is 6.18. The van der Waals surface area contributed by atoms with Crippen LogP contribution in [0, 0.1) is 5.92 Å². The number of nitrogens with two attached hydrogens (primary N) is 1. The molecule has 2 N–H and O–H groups in total. The van der Waals surface area contributed by atoms with Crippen LogP contribution in [0.3, 0.4) is 0 Å². The van der Waals surface area contributed by atoms with Gasteiger partial charge in [-0.05, 0) is 25.7 Å². The molecule has 0 aliphatic carbocycles. The zero-order valence-electron chi connectivity index (χ0n) is 8.20. The molecule has 0 amide bonds. The number of hydrogen-bond donors (Lipinski definition) is 1. The molecule has 3 unspecified atom stereocenters. The maximum absolute atomic E-state index is 11.5. The minimum absolute atomic E-state index is 0.170. The Morgan fingerprint density at radius 1 is 1.69 bits per heavy atom. The van der Waals surface area contributed by atoms with Gasteiger partial charge in [0.1, 0.15) is 0 Å². The third-order valence-electron chi connectivity index (χ3n) is 2.25. The Hall–Kier alpha value is 0.0700. The van der Waals surface area contributed by atoms with Gasteiger partial charge >= 0.3 is 0 Å². The number of rotatable bonds is 5.